The molecule has 1 N–H and O–H groups in total. The molecule has 0 fully saturated rings. The summed E-state index contributed by atoms with van der Waals surface area (Å²) >= 11 is 1.56. The van der Waals surface area contributed by atoms with E-state index in [-0.39, 0.29) is 11.3 Å². The highest BCUT2D eigenvalue weighted by molar-refractivity contribution is 7.16. The van der Waals surface area contributed by atoms with Gasteiger partial charge >= 0.3 is 0 Å². The Kier molecular flexibility index (Phi) is 4.42. The fourth-order valence-electron chi connectivity index (χ4n) is 3.21. The molecule has 0 saturated heterocycles. The minimum Gasteiger partial charge on any atom is -0.312 e. The average molecular weight is 339 g/mol. The SMILES string of the molecule is CC(C)(C)[C@H]1CCc2c(sc(NC(=O)c3ccncc3)c2C#N)C1. The van der Waals surface area contributed by atoms with Gasteiger partial charge in [-0.1, -0.05) is 20.8 Å². The molecule has 4 nitrogen and oxygen atoms in total. The van der Waals surface area contributed by atoms with E-state index in [4.69, 9.17) is 0 Å². The Morgan fingerprint density at radius 1 is 1.38 bits per heavy atom. The molecule has 1 amide bonds. The van der Waals surface area contributed by atoms with E-state index in [0.717, 1.165) is 24.8 Å². The summed E-state index contributed by atoms with van der Waals surface area (Å²) in [6, 6.07) is 5.64. The predicted molar refractivity (Wildman–Crippen MR) is 96.2 cm³/mol. The lowest BCUT2D eigenvalue weighted by atomic mass is 9.72. The highest BCUT2D eigenvalue weighted by atomic mass is 32.1. The van der Waals surface area contributed by atoms with E-state index in [1.54, 1.807) is 35.9 Å². The number of nitriles is 1. The van der Waals surface area contributed by atoms with Crippen LogP contribution in [0, 0.1) is 22.7 Å². The molecule has 0 aromatic carbocycles. The zero-order valence-corrected chi connectivity index (χ0v) is 15.0. The van der Waals surface area contributed by atoms with E-state index in [2.05, 4.69) is 37.1 Å². The first-order valence-corrected chi connectivity index (χ1v) is 8.98. The van der Waals surface area contributed by atoms with Gasteiger partial charge in [0.2, 0.25) is 0 Å². The Bertz CT molecular complexity index is 796. The number of carbonyl (C=O) groups excluding carboxylic acids is 1. The maximum Gasteiger partial charge on any atom is 0.256 e. The number of amides is 1. The number of thiophene rings is 1. The molecule has 0 aliphatic heterocycles. The van der Waals surface area contributed by atoms with E-state index in [9.17, 15) is 10.1 Å². The predicted octanol–water partition coefficient (Wildman–Crippen LogP) is 4.42. The molecule has 1 aliphatic rings. The van der Waals surface area contributed by atoms with E-state index >= 15 is 0 Å². The molecule has 0 saturated carbocycles. The average Bonchev–Trinajstić information content (AvgIpc) is 2.90. The molecule has 3 rings (SSSR count). The zero-order valence-electron chi connectivity index (χ0n) is 14.2. The van der Waals surface area contributed by atoms with Crippen molar-refractivity contribution in [2.45, 2.75) is 40.0 Å². The van der Waals surface area contributed by atoms with Gasteiger partial charge in [0.15, 0.2) is 0 Å². The molecule has 2 heterocycles. The summed E-state index contributed by atoms with van der Waals surface area (Å²) in [5.41, 5.74) is 2.58. The molecule has 1 aliphatic carbocycles. The molecule has 0 unspecified atom stereocenters. The molecular formula is C19H21N3OS. The van der Waals surface area contributed by atoms with Crippen LogP contribution in [0.5, 0.6) is 0 Å². The van der Waals surface area contributed by atoms with Crippen LogP contribution in [0.2, 0.25) is 0 Å². The van der Waals surface area contributed by atoms with Crippen LogP contribution >= 0.6 is 11.3 Å². The number of rotatable bonds is 2. The third-order valence-corrected chi connectivity index (χ3v) is 5.94. The van der Waals surface area contributed by atoms with Crippen molar-refractivity contribution < 1.29 is 4.79 Å². The minimum atomic E-state index is -0.195. The van der Waals surface area contributed by atoms with Gasteiger partial charge < -0.3 is 5.32 Å². The van der Waals surface area contributed by atoms with Crippen molar-refractivity contribution in [1.82, 2.24) is 4.98 Å². The van der Waals surface area contributed by atoms with Gasteiger partial charge in [0.1, 0.15) is 11.1 Å². The largest absolute Gasteiger partial charge is 0.312 e. The smallest absolute Gasteiger partial charge is 0.256 e. The van der Waals surface area contributed by atoms with Crippen molar-refractivity contribution in [2.24, 2.45) is 11.3 Å². The van der Waals surface area contributed by atoms with Crippen LogP contribution in [0.3, 0.4) is 0 Å². The van der Waals surface area contributed by atoms with Crippen LogP contribution in [0.25, 0.3) is 0 Å². The monoisotopic (exact) mass is 339 g/mol. The van der Waals surface area contributed by atoms with Crippen LogP contribution in [0.4, 0.5) is 5.00 Å². The summed E-state index contributed by atoms with van der Waals surface area (Å²) in [6.45, 7) is 6.81. The first-order valence-electron chi connectivity index (χ1n) is 8.16. The van der Waals surface area contributed by atoms with Crippen molar-refractivity contribution in [1.29, 1.82) is 5.26 Å². The fraction of sp³-hybridized carbons (Fsp3) is 0.421. The van der Waals surface area contributed by atoms with Crippen LogP contribution in [0.1, 0.15) is 53.6 Å². The number of hydrogen-bond donors (Lipinski definition) is 1. The molecule has 0 spiro atoms. The highest BCUT2D eigenvalue weighted by Gasteiger charge is 2.32. The van der Waals surface area contributed by atoms with Crippen LogP contribution < -0.4 is 5.32 Å². The van der Waals surface area contributed by atoms with Gasteiger partial charge in [-0.15, -0.1) is 11.3 Å². The standard InChI is InChI=1S/C19H21N3OS/c1-19(2,3)13-4-5-14-15(11-20)18(24-16(14)10-13)22-17(23)12-6-8-21-9-7-12/h6-9,13H,4-5,10H2,1-3H3,(H,22,23)/t13-/m0/s1. The van der Waals surface area contributed by atoms with Crippen LogP contribution in [-0.4, -0.2) is 10.9 Å². The molecule has 124 valence electrons. The lowest BCUT2D eigenvalue weighted by Crippen LogP contribution is -2.26. The van der Waals surface area contributed by atoms with Gasteiger partial charge in [-0.25, -0.2) is 0 Å². The van der Waals surface area contributed by atoms with E-state index in [1.807, 2.05) is 0 Å². The first kappa shape index (κ1) is 16.7. The molecule has 1 atom stereocenters. The summed E-state index contributed by atoms with van der Waals surface area (Å²) in [4.78, 5) is 17.6. The van der Waals surface area contributed by atoms with Crippen LogP contribution in [0.15, 0.2) is 24.5 Å². The Morgan fingerprint density at radius 3 is 2.71 bits per heavy atom. The summed E-state index contributed by atoms with van der Waals surface area (Å²) in [6.07, 6.45) is 6.19. The van der Waals surface area contributed by atoms with Gasteiger partial charge in [-0.2, -0.15) is 5.26 Å². The summed E-state index contributed by atoms with van der Waals surface area (Å²) in [7, 11) is 0. The lowest BCUT2D eigenvalue weighted by Gasteiger charge is -2.33. The molecular weight excluding hydrogens is 318 g/mol. The topological polar surface area (TPSA) is 65.8 Å². The number of fused-ring (bicyclic) bond motifs is 1. The van der Waals surface area contributed by atoms with E-state index < -0.39 is 0 Å². The van der Waals surface area contributed by atoms with Crippen LogP contribution in [-0.2, 0) is 12.8 Å². The zero-order chi connectivity index (χ0) is 17.3. The van der Waals surface area contributed by atoms with E-state index in [1.165, 1.54) is 4.88 Å². The second kappa shape index (κ2) is 6.37. The van der Waals surface area contributed by atoms with Crippen molar-refractivity contribution in [3.8, 4) is 6.07 Å². The number of carbonyl (C=O) groups is 1. The van der Waals surface area contributed by atoms with Gasteiger partial charge in [0.25, 0.3) is 5.91 Å². The highest BCUT2D eigenvalue weighted by Crippen LogP contribution is 2.44. The molecule has 0 bridgehead atoms. The Labute approximate surface area is 146 Å². The number of nitrogens with zero attached hydrogens (tertiary/aromatic N) is 2. The summed E-state index contributed by atoms with van der Waals surface area (Å²) in [5, 5.41) is 13.2. The maximum atomic E-state index is 12.4. The van der Waals surface area contributed by atoms with Gasteiger partial charge in [-0.3, -0.25) is 9.78 Å². The Balaban J connectivity index is 1.87. The number of anilines is 1. The van der Waals surface area contributed by atoms with Crippen molar-refractivity contribution in [2.75, 3.05) is 5.32 Å². The van der Waals surface area contributed by atoms with E-state index in [0.29, 0.717) is 22.0 Å². The van der Waals surface area contributed by atoms with Gasteiger partial charge in [0, 0.05) is 22.8 Å². The summed E-state index contributed by atoms with van der Waals surface area (Å²) in [5.74, 6) is 0.416. The minimum absolute atomic E-state index is 0.195. The normalized spacial score (nSPS) is 17.0. The van der Waals surface area contributed by atoms with Crippen molar-refractivity contribution >= 4 is 22.2 Å². The molecule has 2 aromatic rings. The molecule has 24 heavy (non-hydrogen) atoms. The van der Waals surface area contributed by atoms with Crippen molar-refractivity contribution in [3.63, 3.8) is 0 Å². The van der Waals surface area contributed by atoms with Crippen molar-refractivity contribution in [3.05, 3.63) is 46.1 Å². The number of aromatic nitrogens is 1. The number of pyridine rings is 1. The molecule has 0 radical (unpaired) electrons. The lowest BCUT2D eigenvalue weighted by molar-refractivity contribution is 0.102. The fourth-order valence-corrected chi connectivity index (χ4v) is 4.48. The second-order valence-electron chi connectivity index (χ2n) is 7.32. The Hall–Kier alpha value is -2.19. The third-order valence-electron chi connectivity index (χ3n) is 4.77. The van der Waals surface area contributed by atoms with Gasteiger partial charge in [-0.05, 0) is 48.3 Å². The van der Waals surface area contributed by atoms with Gasteiger partial charge in [0.05, 0.1) is 5.56 Å². The first-order chi connectivity index (χ1) is 11.4. The second-order valence-corrected chi connectivity index (χ2v) is 8.42. The Morgan fingerprint density at radius 2 is 2.08 bits per heavy atom. The quantitative estimate of drug-likeness (QED) is 0.881. The third kappa shape index (κ3) is 3.20. The maximum absolute atomic E-state index is 12.4. The molecule has 2 aromatic heterocycles. The summed E-state index contributed by atoms with van der Waals surface area (Å²) < 4.78 is 0. The number of nitrogens with one attached hydrogen (secondary N) is 1. The number of hydrogen-bond acceptors (Lipinski definition) is 4. The molecule has 5 heteroatoms.